The number of hydrogen-bond donors (Lipinski definition) is 1. The molecule has 2 heterocycles. The van der Waals surface area contributed by atoms with Crippen LogP contribution in [-0.2, 0) is 14.8 Å². The highest BCUT2D eigenvalue weighted by Crippen LogP contribution is 2.41. The molecule has 0 radical (unpaired) electrons. The van der Waals surface area contributed by atoms with Gasteiger partial charge in [0.2, 0.25) is 0 Å². The predicted octanol–water partition coefficient (Wildman–Crippen LogP) is 5.41. The fourth-order valence-electron chi connectivity index (χ4n) is 3.86. The first-order valence-electron chi connectivity index (χ1n) is 10.9. The van der Waals surface area contributed by atoms with Gasteiger partial charge in [0.1, 0.15) is 17.3 Å². The number of fused-ring (bicyclic) bond motifs is 1. The van der Waals surface area contributed by atoms with Crippen LogP contribution in [-0.4, -0.2) is 33.0 Å². The lowest BCUT2D eigenvalue weighted by Crippen LogP contribution is -2.35. The number of hydrogen-bond acceptors (Lipinski definition) is 6. The lowest BCUT2D eigenvalue weighted by Gasteiger charge is -2.30. The van der Waals surface area contributed by atoms with E-state index in [1.807, 2.05) is 0 Å². The highest BCUT2D eigenvalue weighted by atomic mass is 35.5. The van der Waals surface area contributed by atoms with E-state index in [4.69, 9.17) is 21.1 Å². The van der Waals surface area contributed by atoms with Crippen molar-refractivity contribution in [2.24, 2.45) is 0 Å². The molecular formula is C26H19ClFN3O5S. The van der Waals surface area contributed by atoms with Crippen LogP contribution in [0.5, 0.6) is 11.5 Å². The van der Waals surface area contributed by atoms with Crippen LogP contribution in [0.3, 0.4) is 0 Å². The number of nitrogens with zero attached hydrogens (tertiary/aromatic N) is 2. The van der Waals surface area contributed by atoms with Crippen LogP contribution < -0.4 is 19.1 Å². The Hall–Kier alpha value is -4.15. The zero-order chi connectivity index (χ0) is 26.2. The SMILES string of the molecule is COc1cccc(N2C(=O)COc3ccc(-c4cnc(Cl)c(NS(=O)(=O)c5ccc(F)cc5)c4)cc32)c1. The number of amides is 1. The molecule has 0 unspecified atom stereocenters. The topological polar surface area (TPSA) is 97.8 Å². The molecule has 1 aromatic heterocycles. The molecule has 37 heavy (non-hydrogen) atoms. The number of carbonyl (C=O) groups excluding carboxylic acids is 1. The van der Waals surface area contributed by atoms with Gasteiger partial charge >= 0.3 is 0 Å². The van der Waals surface area contributed by atoms with E-state index in [2.05, 4.69) is 9.71 Å². The number of pyridine rings is 1. The summed E-state index contributed by atoms with van der Waals surface area (Å²) in [5.74, 6) is 0.276. The summed E-state index contributed by atoms with van der Waals surface area (Å²) in [4.78, 5) is 18.4. The van der Waals surface area contributed by atoms with E-state index >= 15 is 0 Å². The number of carbonyl (C=O) groups is 1. The molecule has 0 saturated heterocycles. The van der Waals surface area contributed by atoms with Gasteiger partial charge in [0.05, 0.1) is 29.1 Å². The molecular weight excluding hydrogens is 521 g/mol. The van der Waals surface area contributed by atoms with Crippen molar-refractivity contribution in [1.82, 2.24) is 4.98 Å². The van der Waals surface area contributed by atoms with Crippen molar-refractivity contribution in [1.29, 1.82) is 0 Å². The Balaban J connectivity index is 1.52. The van der Waals surface area contributed by atoms with E-state index in [0.717, 1.165) is 24.3 Å². The second-order valence-electron chi connectivity index (χ2n) is 8.02. The molecule has 5 rings (SSSR count). The summed E-state index contributed by atoms with van der Waals surface area (Å²) in [6.07, 6.45) is 1.49. The van der Waals surface area contributed by atoms with Gasteiger partial charge < -0.3 is 9.47 Å². The Labute approximate surface area is 217 Å². The van der Waals surface area contributed by atoms with E-state index in [-0.39, 0.29) is 28.3 Å². The van der Waals surface area contributed by atoms with Crippen molar-refractivity contribution >= 4 is 44.6 Å². The largest absolute Gasteiger partial charge is 0.497 e. The number of halogens is 2. The summed E-state index contributed by atoms with van der Waals surface area (Å²) in [5.41, 5.74) is 2.32. The van der Waals surface area contributed by atoms with E-state index in [1.54, 1.807) is 49.6 Å². The predicted molar refractivity (Wildman–Crippen MR) is 138 cm³/mol. The van der Waals surface area contributed by atoms with Crippen LogP contribution in [0.15, 0.2) is 83.9 Å². The first kappa shape index (κ1) is 24.5. The normalized spacial score (nSPS) is 13.1. The number of aromatic nitrogens is 1. The molecule has 0 bridgehead atoms. The minimum Gasteiger partial charge on any atom is -0.497 e. The highest BCUT2D eigenvalue weighted by molar-refractivity contribution is 7.92. The van der Waals surface area contributed by atoms with Crippen LogP contribution in [0.2, 0.25) is 5.15 Å². The zero-order valence-electron chi connectivity index (χ0n) is 19.3. The first-order valence-corrected chi connectivity index (χ1v) is 12.8. The number of sulfonamides is 1. The summed E-state index contributed by atoms with van der Waals surface area (Å²) in [7, 11) is -2.51. The van der Waals surface area contributed by atoms with Crippen molar-refractivity contribution < 1.29 is 27.1 Å². The molecule has 0 atom stereocenters. The van der Waals surface area contributed by atoms with E-state index in [0.29, 0.717) is 34.0 Å². The smallest absolute Gasteiger partial charge is 0.269 e. The Morgan fingerprint density at radius 2 is 1.84 bits per heavy atom. The molecule has 1 aliphatic rings. The van der Waals surface area contributed by atoms with E-state index in [9.17, 15) is 17.6 Å². The molecule has 1 N–H and O–H groups in total. The summed E-state index contributed by atoms with van der Waals surface area (Å²) in [5, 5.41) is -0.0658. The van der Waals surface area contributed by atoms with Gasteiger partial charge in [-0.05, 0) is 60.2 Å². The number of anilines is 3. The molecule has 0 spiro atoms. The highest BCUT2D eigenvalue weighted by Gasteiger charge is 2.28. The van der Waals surface area contributed by atoms with Crippen molar-refractivity contribution in [2.45, 2.75) is 4.90 Å². The molecule has 8 nitrogen and oxygen atoms in total. The number of methoxy groups -OCH3 is 1. The number of nitrogens with one attached hydrogen (secondary N) is 1. The van der Waals surface area contributed by atoms with Crippen molar-refractivity contribution in [3.8, 4) is 22.6 Å². The van der Waals surface area contributed by atoms with Gasteiger partial charge in [0.25, 0.3) is 15.9 Å². The second kappa shape index (κ2) is 9.72. The fourth-order valence-corrected chi connectivity index (χ4v) is 5.12. The average molecular weight is 540 g/mol. The molecule has 0 saturated carbocycles. The van der Waals surface area contributed by atoms with Crippen LogP contribution in [0.4, 0.5) is 21.5 Å². The van der Waals surface area contributed by atoms with Crippen LogP contribution >= 0.6 is 11.6 Å². The van der Waals surface area contributed by atoms with Crippen molar-refractivity contribution in [3.63, 3.8) is 0 Å². The molecule has 1 amide bonds. The summed E-state index contributed by atoms with van der Waals surface area (Å²) >= 11 is 6.19. The summed E-state index contributed by atoms with van der Waals surface area (Å²) < 4.78 is 52.2. The zero-order valence-corrected chi connectivity index (χ0v) is 20.9. The lowest BCUT2D eigenvalue weighted by atomic mass is 10.0. The minimum absolute atomic E-state index is 0.0400. The van der Waals surface area contributed by atoms with Gasteiger partial charge in [-0.2, -0.15) is 0 Å². The third-order valence-corrected chi connectivity index (χ3v) is 7.34. The Bertz CT molecular complexity index is 1610. The van der Waals surface area contributed by atoms with E-state index < -0.39 is 15.8 Å². The molecule has 0 aliphatic carbocycles. The molecule has 4 aromatic rings. The summed E-state index contributed by atoms with van der Waals surface area (Å²) in [6.45, 7) is -0.124. The van der Waals surface area contributed by atoms with Crippen LogP contribution in [0.25, 0.3) is 11.1 Å². The fraction of sp³-hybridized carbons (Fsp3) is 0.0769. The van der Waals surface area contributed by atoms with Crippen molar-refractivity contribution in [3.05, 3.63) is 90.0 Å². The number of ether oxygens (including phenoxy) is 2. The maximum absolute atomic E-state index is 13.2. The molecule has 3 aromatic carbocycles. The minimum atomic E-state index is -4.05. The second-order valence-corrected chi connectivity index (χ2v) is 10.1. The van der Waals surface area contributed by atoms with Gasteiger partial charge in [0, 0.05) is 17.8 Å². The Morgan fingerprint density at radius 1 is 1.05 bits per heavy atom. The maximum atomic E-state index is 13.2. The monoisotopic (exact) mass is 539 g/mol. The third kappa shape index (κ3) is 4.93. The lowest BCUT2D eigenvalue weighted by molar-refractivity contribution is -0.120. The van der Waals surface area contributed by atoms with Crippen LogP contribution in [0, 0.1) is 5.82 Å². The maximum Gasteiger partial charge on any atom is 0.269 e. The third-order valence-electron chi connectivity index (χ3n) is 5.65. The van der Waals surface area contributed by atoms with Gasteiger partial charge in [-0.3, -0.25) is 14.4 Å². The van der Waals surface area contributed by atoms with Gasteiger partial charge in [-0.15, -0.1) is 0 Å². The van der Waals surface area contributed by atoms with Gasteiger partial charge in [-0.25, -0.2) is 17.8 Å². The number of benzene rings is 3. The van der Waals surface area contributed by atoms with Crippen molar-refractivity contribution in [2.75, 3.05) is 23.3 Å². The molecule has 1 aliphatic heterocycles. The molecule has 11 heteroatoms. The van der Waals surface area contributed by atoms with Gasteiger partial charge in [-0.1, -0.05) is 23.7 Å². The molecule has 188 valence electrons. The Kier molecular flexibility index (Phi) is 6.45. The summed E-state index contributed by atoms with van der Waals surface area (Å²) in [6, 6.07) is 18.2. The number of rotatable bonds is 6. The quantitative estimate of drug-likeness (QED) is 0.329. The average Bonchev–Trinajstić information content (AvgIpc) is 2.89. The van der Waals surface area contributed by atoms with E-state index in [1.165, 1.54) is 17.2 Å². The standard InChI is InChI=1S/C26H19ClFN3O5S/c1-35-20-4-2-3-19(13-20)31-23-12-16(5-10-24(23)36-15-25(31)32)17-11-22(26(27)29-14-17)30-37(33,34)21-8-6-18(28)7-9-21/h2-14,30H,15H2,1H3. The van der Waals surface area contributed by atoms with Gasteiger partial charge in [0.15, 0.2) is 11.8 Å². The first-order chi connectivity index (χ1) is 17.7. The molecule has 0 fully saturated rings. The van der Waals surface area contributed by atoms with Crippen LogP contribution in [0.1, 0.15) is 0 Å². The Morgan fingerprint density at radius 3 is 2.59 bits per heavy atom.